The second-order valence-electron chi connectivity index (χ2n) is 7.00. The highest BCUT2D eigenvalue weighted by Gasteiger charge is 2.74. The first-order chi connectivity index (χ1) is 13.6. The van der Waals surface area contributed by atoms with Crippen molar-refractivity contribution in [2.24, 2.45) is 10.9 Å². The fourth-order valence-corrected chi connectivity index (χ4v) is 4.12. The fourth-order valence-electron chi connectivity index (χ4n) is 4.01. The van der Waals surface area contributed by atoms with Crippen LogP contribution in [-0.4, -0.2) is 79.1 Å². The SMILES string of the molecule is O=C(O)C[N+](CC(=O)O)(CC(=O)O)C1(C(=O)O)CC1Cc1ccc(N=C=S)cc1. The van der Waals surface area contributed by atoms with Gasteiger partial charge in [-0.2, -0.15) is 4.99 Å². The number of hydrogen-bond donors (Lipinski definition) is 4. The molecule has 1 aliphatic carbocycles. The molecule has 154 valence electrons. The Kier molecular flexibility index (Phi) is 6.48. The Morgan fingerprint density at radius 2 is 1.48 bits per heavy atom. The number of quaternary nitrogens is 1. The van der Waals surface area contributed by atoms with Crippen LogP contribution in [0, 0.1) is 5.92 Å². The van der Waals surface area contributed by atoms with Crippen molar-refractivity contribution >= 4 is 46.9 Å². The molecule has 2 unspecified atom stereocenters. The van der Waals surface area contributed by atoms with Crippen LogP contribution >= 0.6 is 12.2 Å². The van der Waals surface area contributed by atoms with Gasteiger partial charge in [-0.15, -0.1) is 0 Å². The Labute approximate surface area is 170 Å². The van der Waals surface area contributed by atoms with E-state index in [9.17, 15) is 39.6 Å². The zero-order valence-electron chi connectivity index (χ0n) is 15.1. The number of benzene rings is 1. The second kappa shape index (κ2) is 8.48. The highest BCUT2D eigenvalue weighted by Crippen LogP contribution is 2.54. The molecule has 0 aromatic heterocycles. The number of isothiocyanates is 1. The monoisotopic (exact) mass is 423 g/mol. The largest absolute Gasteiger partial charge is 0.477 e. The third-order valence-corrected chi connectivity index (χ3v) is 5.29. The minimum atomic E-state index is -1.82. The van der Waals surface area contributed by atoms with Crippen LogP contribution in [0.2, 0.25) is 0 Å². The molecule has 0 bridgehead atoms. The van der Waals surface area contributed by atoms with Gasteiger partial charge in [0.05, 0.1) is 10.8 Å². The zero-order chi connectivity index (χ0) is 21.8. The summed E-state index contributed by atoms with van der Waals surface area (Å²) in [6.07, 6.45) is 0.183. The van der Waals surface area contributed by atoms with E-state index < -0.39 is 59.5 Å². The van der Waals surface area contributed by atoms with Crippen LogP contribution in [0.15, 0.2) is 29.3 Å². The van der Waals surface area contributed by atoms with Gasteiger partial charge in [0.15, 0.2) is 19.6 Å². The van der Waals surface area contributed by atoms with E-state index in [0.29, 0.717) is 5.69 Å². The number of hydrogen-bond acceptors (Lipinski definition) is 6. The lowest BCUT2D eigenvalue weighted by Crippen LogP contribution is -2.67. The van der Waals surface area contributed by atoms with Crippen molar-refractivity contribution in [1.29, 1.82) is 0 Å². The molecule has 11 heteroatoms. The number of rotatable bonds is 11. The lowest BCUT2D eigenvalue weighted by atomic mass is 10.0. The molecule has 0 spiro atoms. The van der Waals surface area contributed by atoms with Crippen molar-refractivity contribution in [3.05, 3.63) is 29.8 Å². The third-order valence-electron chi connectivity index (χ3n) is 5.20. The minimum Gasteiger partial charge on any atom is -0.477 e. The van der Waals surface area contributed by atoms with Crippen molar-refractivity contribution < 1.29 is 44.1 Å². The van der Waals surface area contributed by atoms with Gasteiger partial charge in [-0.25, -0.2) is 19.2 Å². The first kappa shape index (κ1) is 22.2. The van der Waals surface area contributed by atoms with Crippen LogP contribution < -0.4 is 0 Å². The van der Waals surface area contributed by atoms with E-state index in [1.165, 1.54) is 0 Å². The first-order valence-electron chi connectivity index (χ1n) is 8.48. The molecule has 0 heterocycles. The summed E-state index contributed by atoms with van der Waals surface area (Å²) in [7, 11) is 0. The van der Waals surface area contributed by atoms with Gasteiger partial charge >= 0.3 is 23.9 Å². The highest BCUT2D eigenvalue weighted by atomic mass is 32.1. The van der Waals surface area contributed by atoms with Crippen molar-refractivity contribution in [2.45, 2.75) is 18.4 Å². The van der Waals surface area contributed by atoms with E-state index in [1.54, 1.807) is 24.3 Å². The van der Waals surface area contributed by atoms with Crippen LogP contribution in [0.1, 0.15) is 12.0 Å². The summed E-state index contributed by atoms with van der Waals surface area (Å²) in [4.78, 5) is 50.3. The maximum atomic E-state index is 12.2. The van der Waals surface area contributed by atoms with Crippen LogP contribution in [0.4, 0.5) is 5.69 Å². The van der Waals surface area contributed by atoms with Gasteiger partial charge < -0.3 is 20.4 Å². The van der Waals surface area contributed by atoms with Crippen molar-refractivity contribution in [3.8, 4) is 0 Å². The summed E-state index contributed by atoms with van der Waals surface area (Å²) in [6.45, 7) is -2.78. The normalized spacial score (nSPS) is 20.3. The average molecular weight is 423 g/mol. The molecule has 1 aliphatic rings. The van der Waals surface area contributed by atoms with Gasteiger partial charge in [-0.05, 0) is 36.3 Å². The topological polar surface area (TPSA) is 162 Å². The van der Waals surface area contributed by atoms with Crippen molar-refractivity contribution in [3.63, 3.8) is 0 Å². The number of carboxylic acids is 4. The Bertz CT molecular complexity index is 853. The predicted octanol–water partition coefficient (Wildman–Crippen LogP) is 0.877. The molecule has 2 rings (SSSR count). The van der Waals surface area contributed by atoms with E-state index in [-0.39, 0.29) is 12.8 Å². The summed E-state index contributed by atoms with van der Waals surface area (Å²) in [6, 6.07) is 6.67. The molecule has 2 atom stereocenters. The van der Waals surface area contributed by atoms with Gasteiger partial charge in [0.2, 0.25) is 5.54 Å². The molecular weight excluding hydrogens is 404 g/mol. The summed E-state index contributed by atoms with van der Waals surface area (Å²) in [5.74, 6) is -6.45. The Balaban J connectivity index is 2.42. The Hall–Kier alpha value is -3.14. The maximum Gasteiger partial charge on any atom is 0.366 e. The molecule has 10 nitrogen and oxygen atoms in total. The van der Waals surface area contributed by atoms with Gasteiger partial charge in [0.25, 0.3) is 0 Å². The third kappa shape index (κ3) is 4.65. The average Bonchev–Trinajstić information content (AvgIpc) is 3.31. The van der Waals surface area contributed by atoms with Crippen LogP contribution in [0.3, 0.4) is 0 Å². The summed E-state index contributed by atoms with van der Waals surface area (Å²) < 4.78 is -1.10. The number of thiocarbonyl (C=S) groups is 1. The van der Waals surface area contributed by atoms with Crippen LogP contribution in [0.5, 0.6) is 0 Å². The van der Waals surface area contributed by atoms with E-state index in [4.69, 9.17) is 0 Å². The van der Waals surface area contributed by atoms with E-state index in [2.05, 4.69) is 22.4 Å². The maximum absolute atomic E-state index is 12.2. The highest BCUT2D eigenvalue weighted by molar-refractivity contribution is 7.78. The van der Waals surface area contributed by atoms with E-state index in [1.807, 2.05) is 0 Å². The molecule has 29 heavy (non-hydrogen) atoms. The Morgan fingerprint density at radius 1 is 1.00 bits per heavy atom. The summed E-state index contributed by atoms with van der Waals surface area (Å²) in [5, 5.41) is 40.0. The molecule has 0 aliphatic heterocycles. The van der Waals surface area contributed by atoms with E-state index >= 15 is 0 Å². The molecule has 0 radical (unpaired) electrons. The summed E-state index contributed by atoms with van der Waals surface area (Å²) in [5.41, 5.74) is -0.544. The van der Waals surface area contributed by atoms with Gasteiger partial charge in [0.1, 0.15) is 0 Å². The van der Waals surface area contributed by atoms with Crippen LogP contribution in [0.25, 0.3) is 0 Å². The number of carboxylic acid groups (broad SMARTS) is 4. The van der Waals surface area contributed by atoms with Crippen molar-refractivity contribution in [1.82, 2.24) is 0 Å². The molecule has 1 fully saturated rings. The number of carbonyl (C=O) groups is 4. The molecule has 1 saturated carbocycles. The predicted molar refractivity (Wildman–Crippen MR) is 101 cm³/mol. The number of nitrogens with zero attached hydrogens (tertiary/aromatic N) is 2. The van der Waals surface area contributed by atoms with Crippen molar-refractivity contribution in [2.75, 3.05) is 19.6 Å². The van der Waals surface area contributed by atoms with Gasteiger partial charge in [0, 0.05) is 12.3 Å². The van der Waals surface area contributed by atoms with Crippen LogP contribution in [-0.2, 0) is 25.6 Å². The van der Waals surface area contributed by atoms with Gasteiger partial charge in [-0.3, -0.25) is 4.48 Å². The van der Waals surface area contributed by atoms with E-state index in [0.717, 1.165) is 5.56 Å². The lowest BCUT2D eigenvalue weighted by molar-refractivity contribution is -0.935. The zero-order valence-corrected chi connectivity index (χ0v) is 16.0. The number of aliphatic imine (C=N–C) groups is 1. The van der Waals surface area contributed by atoms with Gasteiger partial charge in [-0.1, -0.05) is 12.1 Å². The molecule has 1 aromatic carbocycles. The molecule has 4 N–H and O–H groups in total. The first-order valence-corrected chi connectivity index (χ1v) is 8.89. The molecule has 0 saturated heterocycles. The second-order valence-corrected chi connectivity index (χ2v) is 7.19. The standard InChI is InChI=1S/C18H18N2O8S/c21-14(22)7-20(8-15(23)24,9-16(25)26)18(17(27)28)6-12(18)5-11-1-3-13(4-2-11)19-10-29/h1-4,12H,5-9H2,(H3-,21,22,23,24,25,26,27,28)/p+1. The smallest absolute Gasteiger partial charge is 0.366 e. The minimum absolute atomic E-state index is 0.0317. The molecule has 1 aromatic rings. The molecular formula is C18H19N2O8S+. The Morgan fingerprint density at radius 3 is 1.86 bits per heavy atom. The molecule has 0 amide bonds. The summed E-state index contributed by atoms with van der Waals surface area (Å²) >= 11 is 4.52. The number of aliphatic carboxylic acids is 4. The fraction of sp³-hybridized carbons (Fsp3) is 0.389. The quantitative estimate of drug-likeness (QED) is 0.230. The lowest BCUT2D eigenvalue weighted by Gasteiger charge is -2.40.